The molecule has 1 fully saturated rings. The minimum absolute atomic E-state index is 0.271. The number of pyridine rings is 1. The number of carboxylic acid groups (broad SMARTS) is 1. The van der Waals surface area contributed by atoms with Crippen LogP contribution in [0.25, 0.3) is 5.65 Å². The summed E-state index contributed by atoms with van der Waals surface area (Å²) in [5, 5.41) is 9.16. The Bertz CT molecular complexity index is 603. The van der Waals surface area contributed by atoms with Gasteiger partial charge in [0, 0.05) is 12.4 Å². The van der Waals surface area contributed by atoms with Crippen LogP contribution < -0.4 is 0 Å². The average Bonchev–Trinajstić information content (AvgIpc) is 2.81. The van der Waals surface area contributed by atoms with E-state index in [2.05, 4.69) is 4.98 Å². The van der Waals surface area contributed by atoms with Gasteiger partial charge in [-0.25, -0.2) is 9.78 Å². The maximum Gasteiger partial charge on any atom is 0.339 e. The third-order valence-corrected chi connectivity index (χ3v) is 4.65. The summed E-state index contributed by atoms with van der Waals surface area (Å²) in [7, 11) is 0. The van der Waals surface area contributed by atoms with Crippen molar-refractivity contribution in [3.63, 3.8) is 0 Å². The predicted octanol–water partition coefficient (Wildman–Crippen LogP) is 2.72. The van der Waals surface area contributed by atoms with Crippen molar-refractivity contribution in [2.24, 2.45) is 5.92 Å². The molecule has 0 aliphatic carbocycles. The van der Waals surface area contributed by atoms with Crippen molar-refractivity contribution in [3.05, 3.63) is 35.8 Å². The molecule has 0 atom stereocenters. The topological polar surface area (TPSA) is 54.6 Å². The zero-order valence-electron chi connectivity index (χ0n) is 10.6. The zero-order chi connectivity index (χ0) is 13.2. The highest BCUT2D eigenvalue weighted by atomic mass is 32.2. The number of carboxylic acids is 1. The van der Waals surface area contributed by atoms with Crippen molar-refractivity contribution in [1.29, 1.82) is 0 Å². The molecule has 0 spiro atoms. The molecular weight excluding hydrogens is 260 g/mol. The first kappa shape index (κ1) is 12.5. The van der Waals surface area contributed by atoms with Crippen molar-refractivity contribution in [1.82, 2.24) is 9.38 Å². The standard InChI is InChI=1S/C14H16N2O2S/c17-14(18)12-2-1-5-16-9-11(15-13(12)16)8-10-3-6-19-7-4-10/h1-2,5,9-10H,3-4,6-8H2,(H,17,18). The fraction of sp³-hybridized carbons (Fsp3) is 0.429. The third kappa shape index (κ3) is 2.61. The van der Waals surface area contributed by atoms with Crippen LogP contribution in [-0.2, 0) is 6.42 Å². The molecule has 1 N–H and O–H groups in total. The van der Waals surface area contributed by atoms with Gasteiger partial charge in [-0.3, -0.25) is 0 Å². The van der Waals surface area contributed by atoms with Gasteiger partial charge in [0.25, 0.3) is 0 Å². The van der Waals surface area contributed by atoms with Crippen molar-refractivity contribution >= 4 is 23.4 Å². The van der Waals surface area contributed by atoms with Crippen LogP contribution in [0.4, 0.5) is 0 Å². The van der Waals surface area contributed by atoms with Gasteiger partial charge in [0.2, 0.25) is 0 Å². The van der Waals surface area contributed by atoms with E-state index in [0.29, 0.717) is 11.6 Å². The molecule has 19 heavy (non-hydrogen) atoms. The van der Waals surface area contributed by atoms with Crippen LogP contribution >= 0.6 is 11.8 Å². The normalized spacial score (nSPS) is 16.8. The first-order valence-corrected chi connectivity index (χ1v) is 7.67. The number of hydrogen-bond donors (Lipinski definition) is 1. The fourth-order valence-electron chi connectivity index (χ4n) is 2.58. The molecule has 0 unspecified atom stereocenters. The van der Waals surface area contributed by atoms with E-state index in [-0.39, 0.29) is 5.56 Å². The first-order valence-electron chi connectivity index (χ1n) is 6.51. The van der Waals surface area contributed by atoms with Gasteiger partial charge in [-0.2, -0.15) is 11.8 Å². The summed E-state index contributed by atoms with van der Waals surface area (Å²) in [5.41, 5.74) is 1.83. The molecular formula is C14H16N2O2S. The maximum atomic E-state index is 11.2. The van der Waals surface area contributed by atoms with E-state index >= 15 is 0 Å². The predicted molar refractivity (Wildman–Crippen MR) is 75.9 cm³/mol. The number of hydrogen-bond acceptors (Lipinski definition) is 3. The van der Waals surface area contributed by atoms with Gasteiger partial charge in [0.1, 0.15) is 5.56 Å². The minimum atomic E-state index is -0.920. The Morgan fingerprint density at radius 1 is 1.47 bits per heavy atom. The van der Waals surface area contributed by atoms with Crippen LogP contribution in [0, 0.1) is 5.92 Å². The molecule has 1 saturated heterocycles. The van der Waals surface area contributed by atoms with Gasteiger partial charge in [0.05, 0.1) is 5.69 Å². The van der Waals surface area contributed by atoms with Gasteiger partial charge in [-0.1, -0.05) is 0 Å². The van der Waals surface area contributed by atoms with Gasteiger partial charge in [0.15, 0.2) is 5.65 Å². The number of imidazole rings is 1. The molecule has 3 rings (SSSR count). The molecule has 0 radical (unpaired) electrons. The zero-order valence-corrected chi connectivity index (χ0v) is 11.4. The Kier molecular flexibility index (Phi) is 3.46. The lowest BCUT2D eigenvalue weighted by atomic mass is 9.97. The number of fused-ring (bicyclic) bond motifs is 1. The summed E-state index contributed by atoms with van der Waals surface area (Å²) in [5.74, 6) is 2.24. The monoisotopic (exact) mass is 276 g/mol. The second kappa shape index (κ2) is 5.25. The van der Waals surface area contributed by atoms with E-state index in [0.717, 1.165) is 12.1 Å². The lowest BCUT2D eigenvalue weighted by Gasteiger charge is -2.19. The van der Waals surface area contributed by atoms with Crippen LogP contribution in [-0.4, -0.2) is 32.0 Å². The summed E-state index contributed by atoms with van der Waals surface area (Å²) in [4.78, 5) is 15.7. The minimum Gasteiger partial charge on any atom is -0.478 e. The fourth-order valence-corrected chi connectivity index (χ4v) is 3.78. The lowest BCUT2D eigenvalue weighted by molar-refractivity contribution is 0.0698. The molecule has 5 heteroatoms. The van der Waals surface area contributed by atoms with E-state index in [1.165, 1.54) is 24.3 Å². The van der Waals surface area contributed by atoms with E-state index in [1.807, 2.05) is 28.6 Å². The van der Waals surface area contributed by atoms with Gasteiger partial charge in [-0.15, -0.1) is 0 Å². The molecule has 4 nitrogen and oxygen atoms in total. The van der Waals surface area contributed by atoms with Crippen LogP contribution in [0.5, 0.6) is 0 Å². The number of aromatic nitrogens is 2. The third-order valence-electron chi connectivity index (χ3n) is 3.60. The van der Waals surface area contributed by atoms with Crippen molar-refractivity contribution in [2.45, 2.75) is 19.3 Å². The molecule has 0 bridgehead atoms. The second-order valence-corrected chi connectivity index (χ2v) is 6.17. The lowest BCUT2D eigenvalue weighted by Crippen LogP contribution is -2.12. The summed E-state index contributed by atoms with van der Waals surface area (Å²) in [6.07, 6.45) is 7.26. The number of aromatic carboxylic acids is 1. The van der Waals surface area contributed by atoms with Crippen molar-refractivity contribution in [3.8, 4) is 0 Å². The Morgan fingerprint density at radius 2 is 2.26 bits per heavy atom. The molecule has 1 aliphatic rings. The molecule has 1 aliphatic heterocycles. The van der Waals surface area contributed by atoms with Crippen LogP contribution in [0.2, 0.25) is 0 Å². The second-order valence-electron chi connectivity index (χ2n) is 4.95. The highest BCUT2D eigenvalue weighted by Gasteiger charge is 2.17. The van der Waals surface area contributed by atoms with Crippen molar-refractivity contribution in [2.75, 3.05) is 11.5 Å². The van der Waals surface area contributed by atoms with E-state index in [1.54, 1.807) is 12.1 Å². The molecule has 0 amide bonds. The highest BCUT2D eigenvalue weighted by molar-refractivity contribution is 7.99. The Morgan fingerprint density at radius 3 is 3.00 bits per heavy atom. The van der Waals surface area contributed by atoms with Crippen LogP contribution in [0.3, 0.4) is 0 Å². The molecule has 2 aromatic rings. The summed E-state index contributed by atoms with van der Waals surface area (Å²) < 4.78 is 1.82. The Hall–Kier alpha value is -1.49. The SMILES string of the molecule is O=C(O)c1cccn2cc(CC3CCSCC3)nc12. The number of thioether (sulfide) groups is 1. The van der Waals surface area contributed by atoms with Crippen molar-refractivity contribution < 1.29 is 9.90 Å². The molecule has 100 valence electrons. The Balaban J connectivity index is 1.88. The smallest absolute Gasteiger partial charge is 0.339 e. The van der Waals surface area contributed by atoms with Gasteiger partial charge < -0.3 is 9.51 Å². The quantitative estimate of drug-likeness (QED) is 0.936. The number of rotatable bonds is 3. The van der Waals surface area contributed by atoms with Crippen LogP contribution in [0.1, 0.15) is 28.9 Å². The van der Waals surface area contributed by atoms with Gasteiger partial charge >= 0.3 is 5.97 Å². The Labute approximate surface area is 115 Å². The average molecular weight is 276 g/mol. The van der Waals surface area contributed by atoms with E-state index < -0.39 is 5.97 Å². The number of carbonyl (C=O) groups is 1. The first-order chi connectivity index (χ1) is 9.24. The summed E-state index contributed by atoms with van der Waals surface area (Å²) >= 11 is 2.02. The van der Waals surface area contributed by atoms with E-state index in [4.69, 9.17) is 5.11 Å². The maximum absolute atomic E-state index is 11.2. The molecule has 3 heterocycles. The summed E-state index contributed by atoms with van der Waals surface area (Å²) in [6.45, 7) is 0. The molecule has 0 aromatic carbocycles. The molecule has 2 aromatic heterocycles. The highest BCUT2D eigenvalue weighted by Crippen LogP contribution is 2.26. The van der Waals surface area contributed by atoms with E-state index in [9.17, 15) is 4.79 Å². The number of nitrogens with zero attached hydrogens (tertiary/aromatic N) is 2. The summed E-state index contributed by atoms with van der Waals surface area (Å²) in [6, 6.07) is 3.35. The molecule has 0 saturated carbocycles. The van der Waals surface area contributed by atoms with Crippen LogP contribution in [0.15, 0.2) is 24.5 Å². The van der Waals surface area contributed by atoms with Gasteiger partial charge in [-0.05, 0) is 48.8 Å². The largest absolute Gasteiger partial charge is 0.478 e.